The van der Waals surface area contributed by atoms with Crippen molar-refractivity contribution >= 4 is 15.9 Å². The summed E-state index contributed by atoms with van der Waals surface area (Å²) in [4.78, 5) is 2.52. The van der Waals surface area contributed by atoms with Crippen LogP contribution < -0.4 is 0 Å². The highest BCUT2D eigenvalue weighted by atomic mass is 79.9. The first-order valence-corrected chi connectivity index (χ1v) is 10.8. The molecule has 0 heterocycles. The topological polar surface area (TPSA) is 23.5 Å². The molecular formula is C23H28BrNO. The lowest BCUT2D eigenvalue weighted by molar-refractivity contribution is 0.0822. The maximum Gasteiger partial charge on any atom is 0.0928 e. The molecule has 3 heteroatoms. The summed E-state index contributed by atoms with van der Waals surface area (Å²) < 4.78 is 0.997. The third kappa shape index (κ3) is 4.05. The Morgan fingerprint density at radius 3 is 2.58 bits per heavy atom. The minimum atomic E-state index is -0.458. The van der Waals surface area contributed by atoms with Crippen LogP contribution in [0.3, 0.4) is 0 Å². The molecule has 1 saturated carbocycles. The summed E-state index contributed by atoms with van der Waals surface area (Å²) in [5.74, 6) is 0. The van der Waals surface area contributed by atoms with E-state index in [2.05, 4.69) is 39.0 Å². The van der Waals surface area contributed by atoms with Crippen LogP contribution in [0, 0.1) is 0 Å². The van der Waals surface area contributed by atoms with E-state index < -0.39 is 6.10 Å². The number of nitrogens with zero attached hydrogens (tertiary/aromatic N) is 1. The zero-order valence-electron chi connectivity index (χ0n) is 15.3. The molecule has 0 aromatic heterocycles. The maximum absolute atomic E-state index is 10.9. The summed E-state index contributed by atoms with van der Waals surface area (Å²) in [5, 5.41) is 10.9. The van der Waals surface area contributed by atoms with Crippen molar-refractivity contribution in [3.05, 3.63) is 69.2 Å². The Hall–Kier alpha value is -1.16. The van der Waals surface area contributed by atoms with E-state index in [1.54, 1.807) is 5.56 Å². The molecule has 0 radical (unpaired) electrons. The number of aliphatic hydroxyl groups excluding tert-OH is 1. The third-order valence-electron chi connectivity index (χ3n) is 6.06. The van der Waals surface area contributed by atoms with Crippen LogP contribution in [0.1, 0.15) is 60.5 Å². The van der Waals surface area contributed by atoms with Crippen molar-refractivity contribution in [2.75, 3.05) is 6.54 Å². The number of fused-ring (bicyclic) bond motifs is 1. The van der Waals surface area contributed by atoms with Gasteiger partial charge in [-0.05, 0) is 60.4 Å². The Bertz CT molecular complexity index is 754. The van der Waals surface area contributed by atoms with Crippen LogP contribution >= 0.6 is 15.9 Å². The molecule has 4 rings (SSSR count). The highest BCUT2D eigenvalue weighted by Crippen LogP contribution is 2.30. The van der Waals surface area contributed by atoms with Crippen LogP contribution in [0.5, 0.6) is 0 Å². The summed E-state index contributed by atoms with van der Waals surface area (Å²) in [7, 11) is 0. The van der Waals surface area contributed by atoms with E-state index in [9.17, 15) is 5.11 Å². The summed E-state index contributed by atoms with van der Waals surface area (Å²) in [5.41, 5.74) is 5.47. The van der Waals surface area contributed by atoms with Gasteiger partial charge in [0.1, 0.15) is 0 Å². The van der Waals surface area contributed by atoms with Gasteiger partial charge in [-0.15, -0.1) is 0 Å². The van der Waals surface area contributed by atoms with Gasteiger partial charge in [0.05, 0.1) is 6.10 Å². The van der Waals surface area contributed by atoms with E-state index in [4.69, 9.17) is 0 Å². The molecule has 0 spiro atoms. The molecule has 2 aliphatic carbocycles. The molecule has 1 fully saturated rings. The summed E-state index contributed by atoms with van der Waals surface area (Å²) in [6, 6.07) is 15.7. The highest BCUT2D eigenvalue weighted by Gasteiger charge is 2.26. The van der Waals surface area contributed by atoms with Crippen molar-refractivity contribution in [2.24, 2.45) is 0 Å². The molecule has 2 aliphatic rings. The van der Waals surface area contributed by atoms with Crippen LogP contribution in [0.15, 0.2) is 46.9 Å². The second-order valence-corrected chi connectivity index (χ2v) is 8.72. The van der Waals surface area contributed by atoms with Crippen LogP contribution in [-0.4, -0.2) is 22.6 Å². The number of aryl methyl sites for hydroxylation is 2. The van der Waals surface area contributed by atoms with Crippen LogP contribution in [0.4, 0.5) is 0 Å². The Labute approximate surface area is 165 Å². The Morgan fingerprint density at radius 2 is 1.77 bits per heavy atom. The number of hydrogen-bond donors (Lipinski definition) is 1. The molecule has 1 N–H and O–H groups in total. The molecule has 2 aromatic carbocycles. The van der Waals surface area contributed by atoms with Gasteiger partial charge in [-0.2, -0.15) is 0 Å². The average molecular weight is 414 g/mol. The molecule has 0 aliphatic heterocycles. The van der Waals surface area contributed by atoms with E-state index in [1.807, 2.05) is 24.3 Å². The number of rotatable bonds is 6. The molecule has 1 atom stereocenters. The van der Waals surface area contributed by atoms with Crippen molar-refractivity contribution < 1.29 is 5.11 Å². The second kappa shape index (κ2) is 8.24. The normalized spacial score (nSPS) is 18.4. The molecule has 0 saturated heterocycles. The Kier molecular flexibility index (Phi) is 5.78. The number of hydrogen-bond acceptors (Lipinski definition) is 2. The highest BCUT2D eigenvalue weighted by molar-refractivity contribution is 9.10. The van der Waals surface area contributed by atoms with Gasteiger partial charge < -0.3 is 5.11 Å². The molecular weight excluding hydrogens is 386 g/mol. The largest absolute Gasteiger partial charge is 0.387 e. The van der Waals surface area contributed by atoms with Gasteiger partial charge in [-0.25, -0.2) is 0 Å². The quantitative estimate of drug-likeness (QED) is 0.683. The van der Waals surface area contributed by atoms with Gasteiger partial charge >= 0.3 is 0 Å². The lowest BCUT2D eigenvalue weighted by Gasteiger charge is -2.31. The minimum absolute atomic E-state index is 0.458. The zero-order chi connectivity index (χ0) is 17.9. The van der Waals surface area contributed by atoms with E-state index in [0.29, 0.717) is 12.6 Å². The molecule has 2 nitrogen and oxygen atoms in total. The predicted molar refractivity (Wildman–Crippen MR) is 110 cm³/mol. The van der Waals surface area contributed by atoms with Crippen LogP contribution in [0.25, 0.3) is 0 Å². The van der Waals surface area contributed by atoms with E-state index in [0.717, 1.165) is 16.6 Å². The van der Waals surface area contributed by atoms with Crippen molar-refractivity contribution in [2.45, 2.75) is 63.6 Å². The first-order chi connectivity index (χ1) is 12.7. The van der Waals surface area contributed by atoms with Crippen molar-refractivity contribution in [3.8, 4) is 0 Å². The van der Waals surface area contributed by atoms with Crippen molar-refractivity contribution in [1.29, 1.82) is 0 Å². The second-order valence-electron chi connectivity index (χ2n) is 7.86. The number of benzene rings is 2. The van der Waals surface area contributed by atoms with Gasteiger partial charge in [-0.1, -0.05) is 65.2 Å². The van der Waals surface area contributed by atoms with Gasteiger partial charge in [-0.3, -0.25) is 4.90 Å². The van der Waals surface area contributed by atoms with E-state index >= 15 is 0 Å². The monoisotopic (exact) mass is 413 g/mol. The average Bonchev–Trinajstić information content (AvgIpc) is 3.33. The lowest BCUT2D eigenvalue weighted by atomic mass is 10.0. The number of aliphatic hydroxyl groups is 1. The summed E-state index contributed by atoms with van der Waals surface area (Å²) >= 11 is 3.59. The van der Waals surface area contributed by atoms with Gasteiger partial charge in [0.2, 0.25) is 0 Å². The van der Waals surface area contributed by atoms with Crippen LogP contribution in [-0.2, 0) is 19.4 Å². The summed E-state index contributed by atoms with van der Waals surface area (Å²) in [6.07, 6.45) is 8.45. The van der Waals surface area contributed by atoms with E-state index in [1.165, 1.54) is 56.1 Å². The third-order valence-corrected chi connectivity index (χ3v) is 6.78. The van der Waals surface area contributed by atoms with Crippen molar-refractivity contribution in [3.63, 3.8) is 0 Å². The molecule has 2 aromatic rings. The number of halogens is 1. The minimum Gasteiger partial charge on any atom is -0.387 e. The first kappa shape index (κ1) is 18.2. The smallest absolute Gasteiger partial charge is 0.0928 e. The first-order valence-electron chi connectivity index (χ1n) is 9.98. The van der Waals surface area contributed by atoms with Gasteiger partial charge in [0.15, 0.2) is 0 Å². The zero-order valence-corrected chi connectivity index (χ0v) is 16.9. The molecule has 0 bridgehead atoms. The Morgan fingerprint density at radius 1 is 1.00 bits per heavy atom. The predicted octanol–water partition coefficient (Wildman–Crippen LogP) is 5.42. The molecule has 138 valence electrons. The van der Waals surface area contributed by atoms with Crippen LogP contribution in [0.2, 0.25) is 0 Å². The van der Waals surface area contributed by atoms with E-state index in [-0.39, 0.29) is 0 Å². The lowest BCUT2D eigenvalue weighted by Crippen LogP contribution is -2.36. The molecule has 1 unspecified atom stereocenters. The standard InChI is InChI=1S/C23H28BrNO/c24-22-11-4-3-10-21(22)23(26)16-25(20-8-1-2-9-20)15-17-12-13-18-6-5-7-19(18)14-17/h3-4,10-14,20,23,26H,1-2,5-9,15-16H2. The SMILES string of the molecule is OC(CN(Cc1ccc2c(c1)CCC2)C1CCCC1)c1ccccc1Br. The summed E-state index contributed by atoms with van der Waals surface area (Å²) in [6.45, 7) is 1.64. The van der Waals surface area contributed by atoms with Gasteiger partial charge in [0, 0.05) is 23.6 Å². The maximum atomic E-state index is 10.9. The van der Waals surface area contributed by atoms with Gasteiger partial charge in [0.25, 0.3) is 0 Å². The molecule has 26 heavy (non-hydrogen) atoms. The van der Waals surface area contributed by atoms with Crippen molar-refractivity contribution in [1.82, 2.24) is 4.90 Å². The molecule has 0 amide bonds. The Balaban J connectivity index is 1.52. The fourth-order valence-corrected chi connectivity index (χ4v) is 5.19. The fraction of sp³-hybridized carbons (Fsp3) is 0.478. The fourth-order valence-electron chi connectivity index (χ4n) is 4.64.